The van der Waals surface area contributed by atoms with Gasteiger partial charge in [-0.25, -0.2) is 0 Å². The maximum atomic E-state index is 11.1. The number of hydrogen-bond donors (Lipinski definition) is 9. The molecule has 13 nitrogen and oxygen atoms in total. The van der Waals surface area contributed by atoms with Crippen LogP contribution in [0, 0.1) is 0 Å². The Kier molecular flexibility index (Phi) is 9.29. The molecule has 2 saturated heterocycles. The zero-order chi connectivity index (χ0) is 25.4. The first-order valence-corrected chi connectivity index (χ1v) is 11.9. The lowest BCUT2D eigenvalue weighted by Crippen LogP contribution is -2.73. The van der Waals surface area contributed by atoms with Crippen LogP contribution in [-0.4, -0.2) is 126 Å². The van der Waals surface area contributed by atoms with Crippen molar-refractivity contribution in [3.8, 4) is 0 Å². The molecule has 0 amide bonds. The molecule has 2 heterocycles. The average Bonchev–Trinajstić information content (AvgIpc) is 2.80. The van der Waals surface area contributed by atoms with Gasteiger partial charge < -0.3 is 67.2 Å². The number of rotatable bonds is 7. The minimum Gasteiger partial charge on any atom is -0.390 e. The van der Waals surface area contributed by atoms with Crippen molar-refractivity contribution in [2.24, 2.45) is 17.2 Å². The molecule has 1 saturated carbocycles. The van der Waals surface area contributed by atoms with E-state index in [9.17, 15) is 20.4 Å². The molecular weight excluding hydrogens is 450 g/mol. The molecule has 0 aromatic rings. The Bertz CT molecular complexity index is 663. The van der Waals surface area contributed by atoms with Crippen molar-refractivity contribution in [3.63, 3.8) is 0 Å². The molecule has 3 fully saturated rings. The van der Waals surface area contributed by atoms with Gasteiger partial charge in [-0.1, -0.05) is 0 Å². The molecule has 3 aliphatic rings. The third-order valence-corrected chi connectivity index (χ3v) is 7.40. The molecule has 0 bridgehead atoms. The summed E-state index contributed by atoms with van der Waals surface area (Å²) < 4.78 is 23.4. The summed E-state index contributed by atoms with van der Waals surface area (Å²) in [6.45, 7) is 3.38. The van der Waals surface area contributed by atoms with Crippen LogP contribution < -0.4 is 27.8 Å². The van der Waals surface area contributed by atoms with Gasteiger partial charge in [0.25, 0.3) is 0 Å². The summed E-state index contributed by atoms with van der Waals surface area (Å²) in [6.07, 6.45) is -7.07. The van der Waals surface area contributed by atoms with E-state index in [1.807, 2.05) is 14.0 Å². The van der Waals surface area contributed by atoms with Gasteiger partial charge in [0, 0.05) is 6.04 Å². The van der Waals surface area contributed by atoms with Gasteiger partial charge in [0.15, 0.2) is 12.6 Å². The van der Waals surface area contributed by atoms with E-state index < -0.39 is 72.9 Å². The smallest absolute Gasteiger partial charge is 0.185 e. The van der Waals surface area contributed by atoms with Gasteiger partial charge in [0.2, 0.25) is 0 Å². The fourth-order valence-corrected chi connectivity index (χ4v) is 5.03. The molecule has 12 N–H and O–H groups in total. The van der Waals surface area contributed by atoms with E-state index in [0.717, 1.165) is 6.42 Å². The summed E-state index contributed by atoms with van der Waals surface area (Å²) >= 11 is 0. The predicted octanol–water partition coefficient (Wildman–Crippen LogP) is -4.36. The molecule has 14 unspecified atom stereocenters. The maximum absolute atomic E-state index is 11.1. The third-order valence-electron chi connectivity index (χ3n) is 7.40. The van der Waals surface area contributed by atoms with E-state index in [4.69, 9.17) is 36.1 Å². The van der Waals surface area contributed by atoms with E-state index in [-0.39, 0.29) is 18.8 Å². The topological polar surface area (TPSA) is 220 Å². The number of hydrogen-bond acceptors (Lipinski definition) is 13. The van der Waals surface area contributed by atoms with Crippen molar-refractivity contribution in [2.45, 2.75) is 112 Å². The summed E-state index contributed by atoms with van der Waals surface area (Å²) in [7, 11) is 3.42. The van der Waals surface area contributed by atoms with Crippen molar-refractivity contribution in [2.75, 3.05) is 20.7 Å². The lowest BCUT2D eigenvalue weighted by atomic mass is 9.81. The molecule has 14 atom stereocenters. The van der Waals surface area contributed by atoms with Crippen LogP contribution in [0.1, 0.15) is 26.7 Å². The molecule has 34 heavy (non-hydrogen) atoms. The fourth-order valence-electron chi connectivity index (χ4n) is 5.03. The Morgan fingerprint density at radius 1 is 0.941 bits per heavy atom. The number of ether oxygens (including phenoxy) is 4. The van der Waals surface area contributed by atoms with Gasteiger partial charge in [0.1, 0.15) is 30.0 Å². The first-order valence-electron chi connectivity index (χ1n) is 11.9. The standard InChI is InChI=1S/C21H43N5O8/c1-8(25-3)10-6-5-9(22)19(32-10)33-16-11(23)13(27)12(24)17(14(16)28)34-20-15(29)18(26-4)21(2,30)7-31-20/h8-20,25-30H,5-7,22-24H2,1-4H3. The molecule has 0 aromatic heterocycles. The van der Waals surface area contributed by atoms with Crippen LogP contribution >= 0.6 is 0 Å². The lowest BCUT2D eigenvalue weighted by molar-refractivity contribution is -0.313. The van der Waals surface area contributed by atoms with Gasteiger partial charge in [-0.2, -0.15) is 0 Å². The van der Waals surface area contributed by atoms with Crippen molar-refractivity contribution >= 4 is 0 Å². The summed E-state index contributed by atoms with van der Waals surface area (Å²) in [4.78, 5) is 0. The average molecular weight is 494 g/mol. The summed E-state index contributed by atoms with van der Waals surface area (Å²) in [5.74, 6) is 0. The second-order valence-electron chi connectivity index (χ2n) is 9.99. The normalized spacial score (nSPS) is 51.3. The number of aliphatic hydroxyl groups is 4. The Hall–Kier alpha value is -0.520. The SMILES string of the molecule is CNC(C)C1CCC(N)C(OC2C(N)C(O)C(N)C(OC3OCC(C)(O)C(NC)C3O)C2O)O1. The van der Waals surface area contributed by atoms with Gasteiger partial charge in [-0.15, -0.1) is 0 Å². The number of nitrogens with one attached hydrogen (secondary N) is 2. The van der Waals surface area contributed by atoms with Crippen LogP contribution in [-0.2, 0) is 18.9 Å². The molecule has 1 aliphatic carbocycles. The van der Waals surface area contributed by atoms with E-state index in [1.165, 1.54) is 6.92 Å². The second-order valence-corrected chi connectivity index (χ2v) is 9.99. The largest absolute Gasteiger partial charge is 0.390 e. The van der Waals surface area contributed by atoms with Crippen LogP contribution in [0.5, 0.6) is 0 Å². The highest BCUT2D eigenvalue weighted by molar-refractivity contribution is 5.06. The summed E-state index contributed by atoms with van der Waals surface area (Å²) in [5.41, 5.74) is 17.2. The lowest BCUT2D eigenvalue weighted by Gasteiger charge is -2.49. The molecule has 13 heteroatoms. The maximum Gasteiger partial charge on any atom is 0.185 e. The zero-order valence-corrected chi connectivity index (χ0v) is 20.3. The van der Waals surface area contributed by atoms with E-state index in [1.54, 1.807) is 7.05 Å². The monoisotopic (exact) mass is 493 g/mol. The molecule has 200 valence electrons. The Morgan fingerprint density at radius 2 is 1.53 bits per heavy atom. The fraction of sp³-hybridized carbons (Fsp3) is 1.00. The molecule has 2 aliphatic heterocycles. The Labute approximate surface area is 200 Å². The van der Waals surface area contributed by atoms with Crippen LogP contribution in [0.4, 0.5) is 0 Å². The van der Waals surface area contributed by atoms with Gasteiger partial charge in [0.05, 0.1) is 43.0 Å². The zero-order valence-electron chi connectivity index (χ0n) is 20.3. The molecule has 3 rings (SSSR count). The van der Waals surface area contributed by atoms with Crippen molar-refractivity contribution in [1.82, 2.24) is 10.6 Å². The highest BCUT2D eigenvalue weighted by atomic mass is 16.7. The van der Waals surface area contributed by atoms with Crippen LogP contribution in [0.3, 0.4) is 0 Å². The summed E-state index contributed by atoms with van der Waals surface area (Å²) in [5, 5.41) is 49.0. The molecular formula is C21H43N5O8. The molecule has 0 spiro atoms. The van der Waals surface area contributed by atoms with Gasteiger partial charge in [-0.05, 0) is 40.8 Å². The van der Waals surface area contributed by atoms with Crippen molar-refractivity contribution in [1.29, 1.82) is 0 Å². The Balaban J connectivity index is 1.74. The Morgan fingerprint density at radius 3 is 2.09 bits per heavy atom. The highest BCUT2D eigenvalue weighted by Crippen LogP contribution is 2.32. The third kappa shape index (κ3) is 5.57. The second kappa shape index (κ2) is 11.3. The van der Waals surface area contributed by atoms with E-state index >= 15 is 0 Å². The van der Waals surface area contributed by atoms with Crippen molar-refractivity contribution < 1.29 is 39.4 Å². The van der Waals surface area contributed by atoms with Crippen LogP contribution in [0.25, 0.3) is 0 Å². The highest BCUT2D eigenvalue weighted by Gasteiger charge is 2.53. The van der Waals surface area contributed by atoms with Gasteiger partial charge >= 0.3 is 0 Å². The van der Waals surface area contributed by atoms with Gasteiger partial charge in [-0.3, -0.25) is 0 Å². The quantitative estimate of drug-likeness (QED) is 0.164. The van der Waals surface area contributed by atoms with Crippen molar-refractivity contribution in [3.05, 3.63) is 0 Å². The first kappa shape index (κ1) is 28.1. The van der Waals surface area contributed by atoms with E-state index in [0.29, 0.717) is 6.42 Å². The van der Waals surface area contributed by atoms with Crippen LogP contribution in [0.2, 0.25) is 0 Å². The molecule has 0 aromatic carbocycles. The van der Waals surface area contributed by atoms with Crippen LogP contribution in [0.15, 0.2) is 0 Å². The minimum atomic E-state index is -1.38. The first-order chi connectivity index (χ1) is 15.9. The van der Waals surface area contributed by atoms with E-state index in [2.05, 4.69) is 10.6 Å². The summed E-state index contributed by atoms with van der Waals surface area (Å²) in [6, 6.07) is -3.28. The predicted molar refractivity (Wildman–Crippen MR) is 121 cm³/mol. The minimum absolute atomic E-state index is 0.0564. The number of likely N-dealkylation sites (N-methyl/N-ethyl adjacent to an activating group) is 2. The number of nitrogens with two attached hydrogens (primary N) is 3. The molecule has 0 radical (unpaired) electrons. The number of aliphatic hydroxyl groups excluding tert-OH is 3.